The fraction of sp³-hybridized carbons (Fsp3) is 0.429. The van der Waals surface area contributed by atoms with Gasteiger partial charge in [-0.1, -0.05) is 12.5 Å². The van der Waals surface area contributed by atoms with Crippen LogP contribution in [0.3, 0.4) is 0 Å². The molecule has 1 nitrogen and oxygen atoms in total. The van der Waals surface area contributed by atoms with Crippen LogP contribution in [-0.4, -0.2) is 0 Å². The minimum atomic E-state index is 0. The van der Waals surface area contributed by atoms with E-state index in [1.54, 1.807) is 0 Å². The number of nitrogens with two attached hydrogens (primary N) is 1. The summed E-state index contributed by atoms with van der Waals surface area (Å²) in [5.41, 5.74) is 6.09. The minimum Gasteiger partial charge on any atom is -0.402 e. The molecule has 0 aliphatic rings. The molecule has 0 aromatic rings. The molecule has 2 N–H and O–H groups in total. The fourth-order valence-electron chi connectivity index (χ4n) is 0.515. The quantitative estimate of drug-likeness (QED) is 0.686. The average Bonchev–Trinajstić information content (AvgIpc) is 1.69. The van der Waals surface area contributed by atoms with Crippen molar-refractivity contribution in [3.63, 3.8) is 0 Å². The number of allylic oxidation sites excluding steroid dienone is 1. The van der Waals surface area contributed by atoms with Gasteiger partial charge >= 0.3 is 0 Å². The maximum absolute atomic E-state index is 5.38. The van der Waals surface area contributed by atoms with Gasteiger partial charge in [0.25, 0.3) is 0 Å². The molecule has 0 aliphatic carbocycles. The van der Waals surface area contributed by atoms with Gasteiger partial charge in [0, 0.05) is 32.7 Å². The summed E-state index contributed by atoms with van der Waals surface area (Å²) in [6.07, 6.45) is 1.61. The van der Waals surface area contributed by atoms with Gasteiger partial charge in [-0.15, -0.1) is 0 Å². The van der Waals surface area contributed by atoms with Crippen LogP contribution < -0.4 is 5.73 Å². The topological polar surface area (TPSA) is 26.0 Å². The molecular formula is C7H13NY-2. The van der Waals surface area contributed by atoms with Gasteiger partial charge in [0.15, 0.2) is 0 Å². The van der Waals surface area contributed by atoms with Crippen LogP contribution in [0.5, 0.6) is 0 Å². The molecule has 0 aliphatic heterocycles. The first-order valence-corrected chi connectivity index (χ1v) is 2.75. The van der Waals surface area contributed by atoms with E-state index in [2.05, 4.69) is 20.4 Å². The summed E-state index contributed by atoms with van der Waals surface area (Å²) in [5, 5.41) is 0. The second-order valence-corrected chi connectivity index (χ2v) is 1.85. The van der Waals surface area contributed by atoms with Gasteiger partial charge in [0.2, 0.25) is 0 Å². The third-order valence-corrected chi connectivity index (χ3v) is 1.22. The van der Waals surface area contributed by atoms with Crippen molar-refractivity contribution in [1.29, 1.82) is 0 Å². The third kappa shape index (κ3) is 5.11. The van der Waals surface area contributed by atoms with E-state index in [0.29, 0.717) is 11.6 Å². The second kappa shape index (κ2) is 6.76. The minimum absolute atomic E-state index is 0. The molecule has 0 fully saturated rings. The summed E-state index contributed by atoms with van der Waals surface area (Å²) in [5.74, 6) is 0.315. The number of hydrogen-bond donors (Lipinski definition) is 1. The van der Waals surface area contributed by atoms with Gasteiger partial charge in [-0.05, 0) is 5.70 Å². The van der Waals surface area contributed by atoms with E-state index in [4.69, 9.17) is 5.73 Å². The van der Waals surface area contributed by atoms with Gasteiger partial charge in [-0.25, -0.2) is 0 Å². The Morgan fingerprint density at radius 3 is 1.78 bits per heavy atom. The smallest absolute Gasteiger partial charge is 0 e. The van der Waals surface area contributed by atoms with Crippen molar-refractivity contribution in [3.8, 4) is 0 Å². The Kier molecular flexibility index (Phi) is 9.26. The molecule has 0 bridgehead atoms. The standard InChI is InChI=1S/C7H13N.Y/c1-4-7(5-2)6(3)8;/h7H,1-5,8H2;/q-2;. The molecule has 0 heterocycles. The number of rotatable bonds is 3. The van der Waals surface area contributed by atoms with Crippen LogP contribution in [0.2, 0.25) is 0 Å². The Hall–Kier alpha value is 0.644. The van der Waals surface area contributed by atoms with Crippen LogP contribution >= 0.6 is 0 Å². The normalized spacial score (nSPS) is 8.78. The Morgan fingerprint density at radius 2 is 1.78 bits per heavy atom. The zero-order valence-electron chi connectivity index (χ0n) is 5.77. The maximum Gasteiger partial charge on any atom is 0 e. The van der Waals surface area contributed by atoms with Gasteiger partial charge in [-0.3, -0.25) is 0 Å². The summed E-state index contributed by atoms with van der Waals surface area (Å²) in [6.45, 7) is 11.0. The Bertz CT molecular complexity index is 77.0. The van der Waals surface area contributed by atoms with Gasteiger partial charge < -0.3 is 19.6 Å². The zero-order chi connectivity index (χ0) is 6.57. The van der Waals surface area contributed by atoms with Crippen molar-refractivity contribution in [1.82, 2.24) is 0 Å². The fourth-order valence-corrected chi connectivity index (χ4v) is 0.515. The van der Waals surface area contributed by atoms with Crippen molar-refractivity contribution in [2.45, 2.75) is 12.8 Å². The van der Waals surface area contributed by atoms with Gasteiger partial charge in [0.1, 0.15) is 0 Å². The van der Waals surface area contributed by atoms with Gasteiger partial charge in [0.05, 0.1) is 0 Å². The Labute approximate surface area is 83.0 Å². The van der Waals surface area contributed by atoms with Crippen molar-refractivity contribution in [2.75, 3.05) is 0 Å². The zero-order valence-corrected chi connectivity index (χ0v) is 8.61. The predicted molar refractivity (Wildman–Crippen MR) is 36.8 cm³/mol. The summed E-state index contributed by atoms with van der Waals surface area (Å²) in [4.78, 5) is 0. The van der Waals surface area contributed by atoms with Crippen molar-refractivity contribution >= 4 is 0 Å². The Balaban J connectivity index is 0. The third-order valence-electron chi connectivity index (χ3n) is 1.22. The van der Waals surface area contributed by atoms with Crippen LogP contribution in [0.15, 0.2) is 12.3 Å². The Morgan fingerprint density at radius 1 is 1.44 bits per heavy atom. The van der Waals surface area contributed by atoms with Crippen LogP contribution in [0.4, 0.5) is 0 Å². The van der Waals surface area contributed by atoms with E-state index in [-0.39, 0.29) is 32.7 Å². The molecule has 0 amide bonds. The summed E-state index contributed by atoms with van der Waals surface area (Å²) in [6, 6.07) is 0. The molecule has 9 heavy (non-hydrogen) atoms. The van der Waals surface area contributed by atoms with Crippen molar-refractivity contribution in [2.24, 2.45) is 11.7 Å². The molecular weight excluding hydrogens is 187 g/mol. The van der Waals surface area contributed by atoms with Crippen molar-refractivity contribution in [3.05, 3.63) is 26.1 Å². The first-order valence-electron chi connectivity index (χ1n) is 2.75. The molecule has 1 radical (unpaired) electrons. The number of hydrogen-bond acceptors (Lipinski definition) is 1. The molecule has 0 rings (SSSR count). The second-order valence-electron chi connectivity index (χ2n) is 1.85. The maximum atomic E-state index is 5.38. The molecule has 0 saturated carbocycles. The first-order chi connectivity index (χ1) is 3.72. The SMILES string of the molecule is C=C(N)C(C[CH2-])C[CH2-].[Y]. The molecule has 0 atom stereocenters. The van der Waals surface area contributed by atoms with E-state index >= 15 is 0 Å². The van der Waals surface area contributed by atoms with Crippen LogP contribution in [0.1, 0.15) is 12.8 Å². The van der Waals surface area contributed by atoms with Crippen LogP contribution in [-0.2, 0) is 32.7 Å². The average molecular weight is 200 g/mol. The molecule has 51 valence electrons. The molecule has 0 aromatic heterocycles. The molecule has 0 aromatic carbocycles. The van der Waals surface area contributed by atoms with E-state index in [9.17, 15) is 0 Å². The monoisotopic (exact) mass is 200 g/mol. The van der Waals surface area contributed by atoms with Crippen molar-refractivity contribution < 1.29 is 32.7 Å². The van der Waals surface area contributed by atoms with Crippen LogP contribution in [0, 0.1) is 19.8 Å². The van der Waals surface area contributed by atoms with E-state index in [1.165, 1.54) is 0 Å². The van der Waals surface area contributed by atoms with Gasteiger partial charge in [-0.2, -0.15) is 12.8 Å². The van der Waals surface area contributed by atoms with Crippen LogP contribution in [0.25, 0.3) is 0 Å². The van der Waals surface area contributed by atoms with E-state index in [1.807, 2.05) is 0 Å². The van der Waals surface area contributed by atoms with E-state index in [0.717, 1.165) is 12.8 Å². The summed E-state index contributed by atoms with van der Waals surface area (Å²) in [7, 11) is 0. The predicted octanol–water partition coefficient (Wildman–Crippen LogP) is 1.52. The molecule has 0 spiro atoms. The largest absolute Gasteiger partial charge is 0.402 e. The summed E-state index contributed by atoms with van der Waals surface area (Å²) < 4.78 is 0. The molecule has 0 saturated heterocycles. The van der Waals surface area contributed by atoms with E-state index < -0.39 is 0 Å². The summed E-state index contributed by atoms with van der Waals surface area (Å²) >= 11 is 0. The molecule has 0 unspecified atom stereocenters. The molecule has 2 heteroatoms. The first kappa shape index (κ1) is 12.3.